The molecule has 78 valence electrons. The van der Waals surface area contributed by atoms with Crippen LogP contribution in [0.4, 0.5) is 14.6 Å². The normalized spacial score (nSPS) is 10.1. The lowest BCUT2D eigenvalue weighted by atomic mass is 10.2. The number of halogens is 3. The van der Waals surface area contributed by atoms with Crippen molar-refractivity contribution in [3.05, 3.63) is 31.9 Å². The van der Waals surface area contributed by atoms with E-state index in [1.54, 1.807) is 6.07 Å². The average Bonchev–Trinajstić information content (AvgIpc) is 2.17. The summed E-state index contributed by atoms with van der Waals surface area (Å²) in [5.41, 5.74) is -1.05. The third-order valence-corrected chi connectivity index (χ3v) is 2.32. The molecular weight excluding hydrogens is 276 g/mol. The molecule has 0 aromatic carbocycles. The third kappa shape index (κ3) is 2.24. The number of hydrogen-bond acceptors (Lipinski definition) is 4. The maximum atomic E-state index is 12.4. The second kappa shape index (κ2) is 4.27. The van der Waals surface area contributed by atoms with Crippen LogP contribution in [0.15, 0.2) is 10.5 Å². The van der Waals surface area contributed by atoms with Crippen LogP contribution < -0.4 is 0 Å². The second-order valence-corrected chi connectivity index (χ2v) is 3.19. The highest BCUT2D eigenvalue weighted by Crippen LogP contribution is 2.30. The van der Waals surface area contributed by atoms with Gasteiger partial charge in [0.1, 0.15) is 6.07 Å². The first-order valence-corrected chi connectivity index (χ1v) is 4.29. The van der Waals surface area contributed by atoms with Gasteiger partial charge in [-0.25, -0.2) is 8.78 Å². The average molecular weight is 278 g/mol. The van der Waals surface area contributed by atoms with Gasteiger partial charge in [-0.05, 0) is 25.8 Å². The second-order valence-electron chi connectivity index (χ2n) is 2.40. The fourth-order valence-corrected chi connectivity index (χ4v) is 1.32. The van der Waals surface area contributed by atoms with E-state index in [1.807, 2.05) is 0 Å². The smallest absolute Gasteiger partial charge is 0.358 e. The van der Waals surface area contributed by atoms with Crippen molar-refractivity contribution in [3.8, 4) is 6.07 Å². The van der Waals surface area contributed by atoms with Crippen LogP contribution in [0.25, 0.3) is 0 Å². The number of alkyl halides is 2. The lowest BCUT2D eigenvalue weighted by Crippen LogP contribution is -2.00. The van der Waals surface area contributed by atoms with E-state index in [0.717, 1.165) is 6.07 Å². The Morgan fingerprint density at radius 2 is 2.27 bits per heavy atom. The molecule has 0 aliphatic heterocycles. The van der Waals surface area contributed by atoms with Crippen molar-refractivity contribution in [2.24, 2.45) is 0 Å². The van der Waals surface area contributed by atoms with Gasteiger partial charge in [0.05, 0.1) is 16.1 Å². The van der Waals surface area contributed by atoms with Crippen molar-refractivity contribution in [1.82, 2.24) is 4.98 Å². The molecule has 1 heterocycles. The highest BCUT2D eigenvalue weighted by molar-refractivity contribution is 9.10. The molecule has 0 unspecified atom stereocenters. The maximum absolute atomic E-state index is 12.4. The van der Waals surface area contributed by atoms with Crippen LogP contribution in [0, 0.1) is 21.4 Å². The van der Waals surface area contributed by atoms with Crippen molar-refractivity contribution >= 4 is 21.7 Å². The lowest BCUT2D eigenvalue weighted by Gasteiger charge is -2.00. The molecule has 1 aromatic rings. The topological polar surface area (TPSA) is 79.8 Å². The van der Waals surface area contributed by atoms with Crippen molar-refractivity contribution in [2.75, 3.05) is 0 Å². The number of nitrogens with zero attached hydrogens (tertiary/aromatic N) is 3. The molecule has 0 radical (unpaired) electrons. The zero-order chi connectivity index (χ0) is 11.6. The number of aromatic nitrogens is 1. The van der Waals surface area contributed by atoms with Crippen LogP contribution in [0.1, 0.15) is 17.7 Å². The molecule has 0 aliphatic carbocycles. The quantitative estimate of drug-likeness (QED) is 0.615. The SMILES string of the molecule is N#Cc1cc([N+](=O)[O-])nc(C(F)F)c1Br. The van der Waals surface area contributed by atoms with Gasteiger partial charge in [0.25, 0.3) is 0 Å². The first-order chi connectivity index (χ1) is 6.97. The Morgan fingerprint density at radius 1 is 1.67 bits per heavy atom. The van der Waals surface area contributed by atoms with E-state index < -0.39 is 22.9 Å². The fourth-order valence-electron chi connectivity index (χ4n) is 0.855. The van der Waals surface area contributed by atoms with Gasteiger partial charge in [0, 0.05) is 0 Å². The van der Waals surface area contributed by atoms with Crippen LogP contribution in [0.3, 0.4) is 0 Å². The lowest BCUT2D eigenvalue weighted by molar-refractivity contribution is -0.389. The van der Waals surface area contributed by atoms with Crippen molar-refractivity contribution in [1.29, 1.82) is 5.26 Å². The van der Waals surface area contributed by atoms with Gasteiger partial charge in [0.15, 0.2) is 0 Å². The largest absolute Gasteiger partial charge is 0.365 e. The molecule has 0 bridgehead atoms. The predicted molar refractivity (Wildman–Crippen MR) is 48.3 cm³/mol. The number of rotatable bonds is 2. The van der Waals surface area contributed by atoms with Gasteiger partial charge in [-0.3, -0.25) is 0 Å². The zero-order valence-corrected chi connectivity index (χ0v) is 8.53. The van der Waals surface area contributed by atoms with Crippen molar-refractivity contribution < 1.29 is 13.7 Å². The third-order valence-electron chi connectivity index (χ3n) is 1.48. The fraction of sp³-hybridized carbons (Fsp3) is 0.143. The number of nitriles is 1. The molecule has 1 aromatic heterocycles. The molecule has 5 nitrogen and oxygen atoms in total. The zero-order valence-electron chi connectivity index (χ0n) is 6.95. The molecule has 0 amide bonds. The summed E-state index contributed by atoms with van der Waals surface area (Å²) >= 11 is 2.74. The Balaban J connectivity index is 3.47. The standard InChI is InChI=1S/C7H2BrF2N3O2/c8-5-3(2-11)1-4(13(14)15)12-6(5)7(9)10/h1,7H. The van der Waals surface area contributed by atoms with Gasteiger partial charge in [-0.1, -0.05) is 0 Å². The Bertz CT molecular complexity index is 458. The summed E-state index contributed by atoms with van der Waals surface area (Å²) in [5, 5.41) is 18.9. The first-order valence-electron chi connectivity index (χ1n) is 3.50. The van der Waals surface area contributed by atoms with Crippen LogP contribution in [0.2, 0.25) is 0 Å². The maximum Gasteiger partial charge on any atom is 0.365 e. The van der Waals surface area contributed by atoms with E-state index in [4.69, 9.17) is 5.26 Å². The van der Waals surface area contributed by atoms with E-state index in [-0.39, 0.29) is 10.0 Å². The Hall–Kier alpha value is -1.62. The highest BCUT2D eigenvalue weighted by atomic mass is 79.9. The van der Waals surface area contributed by atoms with Crippen LogP contribution in [0.5, 0.6) is 0 Å². The summed E-state index contributed by atoms with van der Waals surface area (Å²) in [6, 6.07) is 2.39. The van der Waals surface area contributed by atoms with Crippen LogP contribution in [-0.2, 0) is 0 Å². The molecule has 8 heteroatoms. The molecule has 0 atom stereocenters. The molecule has 0 aliphatic rings. The summed E-state index contributed by atoms with van der Waals surface area (Å²) in [6.07, 6.45) is -2.98. The summed E-state index contributed by atoms with van der Waals surface area (Å²) in [6.45, 7) is 0. The molecular formula is C7H2BrF2N3O2. The van der Waals surface area contributed by atoms with E-state index >= 15 is 0 Å². The van der Waals surface area contributed by atoms with Gasteiger partial charge >= 0.3 is 12.2 Å². The Morgan fingerprint density at radius 3 is 2.67 bits per heavy atom. The molecule has 0 fully saturated rings. The minimum atomic E-state index is -2.98. The van der Waals surface area contributed by atoms with Gasteiger partial charge < -0.3 is 10.1 Å². The van der Waals surface area contributed by atoms with Crippen LogP contribution in [-0.4, -0.2) is 9.91 Å². The minimum absolute atomic E-state index is 0.217. The Kier molecular flexibility index (Phi) is 3.26. The number of hydrogen-bond donors (Lipinski definition) is 0. The van der Waals surface area contributed by atoms with E-state index in [9.17, 15) is 18.9 Å². The molecule has 0 saturated carbocycles. The van der Waals surface area contributed by atoms with E-state index in [1.165, 1.54) is 0 Å². The van der Waals surface area contributed by atoms with Crippen molar-refractivity contribution in [2.45, 2.75) is 6.43 Å². The van der Waals surface area contributed by atoms with Gasteiger partial charge in [-0.2, -0.15) is 5.26 Å². The van der Waals surface area contributed by atoms with Crippen molar-refractivity contribution in [3.63, 3.8) is 0 Å². The predicted octanol–water partition coefficient (Wildman–Crippen LogP) is 2.56. The molecule has 0 saturated heterocycles. The number of pyridine rings is 1. The monoisotopic (exact) mass is 277 g/mol. The molecule has 1 rings (SSSR count). The Labute approximate surface area is 90.6 Å². The summed E-state index contributed by atoms with van der Waals surface area (Å²) in [5.74, 6) is -0.773. The van der Waals surface area contributed by atoms with E-state index in [0.29, 0.717) is 0 Å². The summed E-state index contributed by atoms with van der Waals surface area (Å²) in [7, 11) is 0. The van der Waals surface area contributed by atoms with Gasteiger partial charge in [-0.15, -0.1) is 0 Å². The summed E-state index contributed by atoms with van der Waals surface area (Å²) in [4.78, 5) is 12.5. The highest BCUT2D eigenvalue weighted by Gasteiger charge is 2.25. The molecule has 15 heavy (non-hydrogen) atoms. The van der Waals surface area contributed by atoms with E-state index in [2.05, 4.69) is 20.9 Å². The van der Waals surface area contributed by atoms with Crippen LogP contribution >= 0.6 is 15.9 Å². The summed E-state index contributed by atoms with van der Waals surface area (Å²) < 4.78 is 24.5. The number of nitro groups is 1. The first kappa shape index (κ1) is 11.5. The molecule has 0 spiro atoms. The molecule has 0 N–H and O–H groups in total. The van der Waals surface area contributed by atoms with Gasteiger partial charge in [0.2, 0.25) is 5.69 Å². The minimum Gasteiger partial charge on any atom is -0.358 e.